The second kappa shape index (κ2) is 7.64. The van der Waals surface area contributed by atoms with E-state index in [2.05, 4.69) is 22.9 Å². The number of phenolic OH excluding ortho intramolecular Hbond substituents is 1. The van der Waals surface area contributed by atoms with Gasteiger partial charge in [-0.2, -0.15) is 0 Å². The monoisotopic (exact) mass is 315 g/mol. The predicted molar refractivity (Wildman–Crippen MR) is 78.0 cm³/mol. The third-order valence-corrected chi connectivity index (χ3v) is 3.50. The smallest absolute Gasteiger partial charge is 0.172 e. The summed E-state index contributed by atoms with van der Waals surface area (Å²) in [4.78, 5) is 0. The number of hydrogen-bond donors (Lipinski definition) is 2. The van der Waals surface area contributed by atoms with E-state index in [1.165, 1.54) is 12.8 Å². The lowest BCUT2D eigenvalue weighted by atomic mass is 10.0. The van der Waals surface area contributed by atoms with E-state index in [0.29, 0.717) is 16.8 Å². The predicted octanol–water partition coefficient (Wildman–Crippen LogP) is 4.13. The van der Waals surface area contributed by atoms with Crippen molar-refractivity contribution in [1.29, 1.82) is 0 Å². The molecule has 1 atom stereocenters. The van der Waals surface area contributed by atoms with E-state index in [1.807, 2.05) is 19.1 Å². The minimum absolute atomic E-state index is 0.00680. The van der Waals surface area contributed by atoms with E-state index in [0.717, 1.165) is 18.4 Å². The van der Waals surface area contributed by atoms with Crippen LogP contribution < -0.4 is 10.5 Å². The molecule has 0 saturated heterocycles. The number of phenols is 1. The van der Waals surface area contributed by atoms with E-state index < -0.39 is 0 Å². The molecule has 1 aromatic rings. The van der Waals surface area contributed by atoms with Crippen LogP contribution in [0.2, 0.25) is 0 Å². The summed E-state index contributed by atoms with van der Waals surface area (Å²) in [6.45, 7) is 4.59. The van der Waals surface area contributed by atoms with Gasteiger partial charge in [0.1, 0.15) is 0 Å². The highest BCUT2D eigenvalue weighted by molar-refractivity contribution is 9.10. The number of unbranched alkanes of at least 4 members (excludes halogenated alkanes) is 2. The van der Waals surface area contributed by atoms with Crippen molar-refractivity contribution in [3.8, 4) is 11.5 Å². The van der Waals surface area contributed by atoms with Crippen LogP contribution in [-0.2, 0) is 0 Å². The van der Waals surface area contributed by atoms with Crippen molar-refractivity contribution in [2.45, 2.75) is 45.6 Å². The van der Waals surface area contributed by atoms with Crippen LogP contribution in [0.25, 0.3) is 0 Å². The zero-order chi connectivity index (χ0) is 13.5. The number of aromatic hydroxyl groups is 1. The Kier molecular flexibility index (Phi) is 6.50. The SMILES string of the molecule is CCCCC[C@H](N)c1cc(Br)c(O)c(OCC)c1. The lowest BCUT2D eigenvalue weighted by Gasteiger charge is -2.15. The molecule has 18 heavy (non-hydrogen) atoms. The largest absolute Gasteiger partial charge is 0.503 e. The first kappa shape index (κ1) is 15.3. The maximum absolute atomic E-state index is 9.84. The highest BCUT2D eigenvalue weighted by Gasteiger charge is 2.13. The number of ether oxygens (including phenoxy) is 1. The number of nitrogens with two attached hydrogens (primary N) is 1. The Morgan fingerprint density at radius 1 is 1.33 bits per heavy atom. The number of rotatable bonds is 7. The normalized spacial score (nSPS) is 12.4. The molecule has 0 unspecified atom stereocenters. The fourth-order valence-electron chi connectivity index (χ4n) is 1.85. The van der Waals surface area contributed by atoms with E-state index in [-0.39, 0.29) is 11.8 Å². The molecule has 4 heteroatoms. The van der Waals surface area contributed by atoms with Crippen LogP contribution in [0.1, 0.15) is 51.1 Å². The topological polar surface area (TPSA) is 55.5 Å². The molecule has 3 N–H and O–H groups in total. The summed E-state index contributed by atoms with van der Waals surface area (Å²) in [7, 11) is 0. The number of benzene rings is 1. The molecule has 0 aliphatic heterocycles. The molecule has 1 rings (SSSR count). The van der Waals surface area contributed by atoms with E-state index in [1.54, 1.807) is 0 Å². The van der Waals surface area contributed by atoms with Crippen LogP contribution in [0.15, 0.2) is 16.6 Å². The number of hydrogen-bond acceptors (Lipinski definition) is 3. The standard InChI is InChI=1S/C14H22BrNO2/c1-3-5-6-7-12(16)10-8-11(15)14(17)13(9-10)18-4-2/h8-9,12,17H,3-7,16H2,1-2H3/t12-/m0/s1. The van der Waals surface area contributed by atoms with Gasteiger partial charge in [-0.1, -0.05) is 26.2 Å². The molecule has 0 fully saturated rings. The maximum Gasteiger partial charge on any atom is 0.172 e. The van der Waals surface area contributed by atoms with Gasteiger partial charge in [-0.15, -0.1) is 0 Å². The highest BCUT2D eigenvalue weighted by atomic mass is 79.9. The van der Waals surface area contributed by atoms with E-state index in [4.69, 9.17) is 10.5 Å². The molecule has 0 heterocycles. The van der Waals surface area contributed by atoms with Crippen LogP contribution in [-0.4, -0.2) is 11.7 Å². The average Bonchev–Trinajstić information content (AvgIpc) is 2.35. The fourth-order valence-corrected chi connectivity index (χ4v) is 2.31. The van der Waals surface area contributed by atoms with Crippen molar-refractivity contribution < 1.29 is 9.84 Å². The zero-order valence-corrected chi connectivity index (χ0v) is 12.7. The molecule has 3 nitrogen and oxygen atoms in total. The van der Waals surface area contributed by atoms with Gasteiger partial charge in [-0.25, -0.2) is 0 Å². The molecule has 0 spiro atoms. The summed E-state index contributed by atoms with van der Waals surface area (Å²) < 4.78 is 6.03. The molecular weight excluding hydrogens is 294 g/mol. The van der Waals surface area contributed by atoms with Gasteiger partial charge in [-0.05, 0) is 47.0 Å². The molecule has 1 aromatic carbocycles. The van der Waals surface area contributed by atoms with Crippen molar-refractivity contribution in [3.05, 3.63) is 22.2 Å². The van der Waals surface area contributed by atoms with Crippen LogP contribution >= 0.6 is 15.9 Å². The summed E-state index contributed by atoms with van der Waals surface area (Å²) in [5.74, 6) is 0.633. The Hall–Kier alpha value is -0.740. The Labute approximate surface area is 117 Å². The van der Waals surface area contributed by atoms with E-state index >= 15 is 0 Å². The van der Waals surface area contributed by atoms with Gasteiger partial charge >= 0.3 is 0 Å². The first-order chi connectivity index (χ1) is 8.60. The minimum Gasteiger partial charge on any atom is -0.503 e. The highest BCUT2D eigenvalue weighted by Crippen LogP contribution is 2.37. The van der Waals surface area contributed by atoms with Crippen LogP contribution in [0, 0.1) is 0 Å². The van der Waals surface area contributed by atoms with Crippen molar-refractivity contribution in [2.75, 3.05) is 6.61 Å². The summed E-state index contributed by atoms with van der Waals surface area (Å²) in [5, 5.41) is 9.84. The maximum atomic E-state index is 9.84. The van der Waals surface area contributed by atoms with Gasteiger partial charge in [0.2, 0.25) is 0 Å². The van der Waals surface area contributed by atoms with Crippen molar-refractivity contribution >= 4 is 15.9 Å². The second-order valence-corrected chi connectivity index (χ2v) is 5.24. The van der Waals surface area contributed by atoms with Gasteiger partial charge in [0, 0.05) is 6.04 Å². The second-order valence-electron chi connectivity index (χ2n) is 4.38. The molecule has 102 valence electrons. The lowest BCUT2D eigenvalue weighted by Crippen LogP contribution is -2.10. The molecule has 0 amide bonds. The molecular formula is C14H22BrNO2. The van der Waals surface area contributed by atoms with Gasteiger partial charge < -0.3 is 15.6 Å². The van der Waals surface area contributed by atoms with Gasteiger partial charge in [-0.3, -0.25) is 0 Å². The van der Waals surface area contributed by atoms with Crippen LogP contribution in [0.3, 0.4) is 0 Å². The van der Waals surface area contributed by atoms with Crippen molar-refractivity contribution in [3.63, 3.8) is 0 Å². The Morgan fingerprint density at radius 2 is 2.06 bits per heavy atom. The molecule has 0 aromatic heterocycles. The summed E-state index contributed by atoms with van der Waals surface area (Å²) in [5.41, 5.74) is 7.16. The minimum atomic E-state index is -0.00680. The van der Waals surface area contributed by atoms with Gasteiger partial charge in [0.25, 0.3) is 0 Å². The summed E-state index contributed by atoms with van der Waals surface area (Å²) in [6.07, 6.45) is 4.47. The van der Waals surface area contributed by atoms with Crippen molar-refractivity contribution in [2.24, 2.45) is 5.73 Å². The Balaban J connectivity index is 2.81. The molecule has 0 bridgehead atoms. The van der Waals surface area contributed by atoms with Crippen molar-refractivity contribution in [1.82, 2.24) is 0 Å². The Morgan fingerprint density at radius 3 is 2.67 bits per heavy atom. The number of halogens is 1. The summed E-state index contributed by atoms with van der Waals surface area (Å²) >= 11 is 3.33. The average molecular weight is 316 g/mol. The van der Waals surface area contributed by atoms with Crippen LogP contribution in [0.5, 0.6) is 11.5 Å². The van der Waals surface area contributed by atoms with E-state index in [9.17, 15) is 5.11 Å². The molecule has 0 radical (unpaired) electrons. The third-order valence-electron chi connectivity index (χ3n) is 2.90. The van der Waals surface area contributed by atoms with Gasteiger partial charge in [0.15, 0.2) is 11.5 Å². The lowest BCUT2D eigenvalue weighted by molar-refractivity contribution is 0.316. The first-order valence-corrected chi connectivity index (χ1v) is 7.30. The molecule has 0 aliphatic carbocycles. The Bertz CT molecular complexity index is 382. The molecule has 0 aliphatic rings. The summed E-state index contributed by atoms with van der Waals surface area (Å²) in [6, 6.07) is 3.70. The fraction of sp³-hybridized carbons (Fsp3) is 0.571. The quantitative estimate of drug-likeness (QED) is 0.744. The third kappa shape index (κ3) is 4.18. The zero-order valence-electron chi connectivity index (χ0n) is 11.1. The molecule has 0 saturated carbocycles. The van der Waals surface area contributed by atoms with Gasteiger partial charge in [0.05, 0.1) is 11.1 Å². The first-order valence-electron chi connectivity index (χ1n) is 6.50. The van der Waals surface area contributed by atoms with Crippen LogP contribution in [0.4, 0.5) is 0 Å².